The molecule has 2 heterocycles. The fourth-order valence-corrected chi connectivity index (χ4v) is 2.88. The van der Waals surface area contributed by atoms with Crippen LogP contribution in [0.3, 0.4) is 0 Å². The summed E-state index contributed by atoms with van der Waals surface area (Å²) in [5, 5.41) is 1.79. The Bertz CT molecular complexity index is 367. The Morgan fingerprint density at radius 2 is 1.92 bits per heavy atom. The van der Waals surface area contributed by atoms with E-state index in [9.17, 15) is 13.2 Å². The summed E-state index contributed by atoms with van der Waals surface area (Å²) in [5.74, 6) is 0. The van der Waals surface area contributed by atoms with Crippen molar-refractivity contribution in [1.29, 1.82) is 0 Å². The summed E-state index contributed by atoms with van der Waals surface area (Å²) in [7, 11) is 0. The SMILES string of the molecule is FC(F)(F)c1cc2sccc2s1. The van der Waals surface area contributed by atoms with Crippen molar-refractivity contribution in [3.05, 3.63) is 22.4 Å². The minimum Gasteiger partial charge on any atom is -0.165 e. The van der Waals surface area contributed by atoms with Gasteiger partial charge in [0.05, 0.1) is 0 Å². The van der Waals surface area contributed by atoms with E-state index in [1.54, 1.807) is 11.4 Å². The highest BCUT2D eigenvalue weighted by Crippen LogP contribution is 2.39. The highest BCUT2D eigenvalue weighted by molar-refractivity contribution is 7.26. The first-order valence-electron chi connectivity index (χ1n) is 3.11. The van der Waals surface area contributed by atoms with Crippen LogP contribution in [0.15, 0.2) is 17.5 Å². The van der Waals surface area contributed by atoms with Gasteiger partial charge < -0.3 is 0 Å². The number of hydrogen-bond acceptors (Lipinski definition) is 2. The largest absolute Gasteiger partial charge is 0.425 e. The Morgan fingerprint density at radius 3 is 2.50 bits per heavy atom. The zero-order valence-electron chi connectivity index (χ0n) is 5.68. The van der Waals surface area contributed by atoms with Crippen molar-refractivity contribution < 1.29 is 13.2 Å². The maximum atomic E-state index is 12.1. The Labute approximate surface area is 74.3 Å². The first-order valence-corrected chi connectivity index (χ1v) is 4.81. The molecule has 2 rings (SSSR count). The zero-order valence-corrected chi connectivity index (χ0v) is 7.32. The maximum Gasteiger partial charge on any atom is 0.425 e. The van der Waals surface area contributed by atoms with E-state index in [2.05, 4.69) is 0 Å². The average Bonchev–Trinajstić information content (AvgIpc) is 2.37. The van der Waals surface area contributed by atoms with Gasteiger partial charge in [-0.05, 0) is 17.5 Å². The van der Waals surface area contributed by atoms with Crippen molar-refractivity contribution >= 4 is 32.1 Å². The second kappa shape index (κ2) is 2.47. The van der Waals surface area contributed by atoms with Gasteiger partial charge in [-0.15, -0.1) is 22.7 Å². The van der Waals surface area contributed by atoms with E-state index >= 15 is 0 Å². The molecule has 0 aliphatic heterocycles. The van der Waals surface area contributed by atoms with Crippen molar-refractivity contribution in [1.82, 2.24) is 0 Å². The van der Waals surface area contributed by atoms with E-state index in [0.717, 1.165) is 11.3 Å². The number of thiophene rings is 2. The van der Waals surface area contributed by atoms with E-state index in [4.69, 9.17) is 0 Å². The van der Waals surface area contributed by atoms with Gasteiger partial charge in [0.2, 0.25) is 0 Å². The third kappa shape index (κ3) is 1.23. The second-order valence-electron chi connectivity index (χ2n) is 2.26. The van der Waals surface area contributed by atoms with Crippen LogP contribution in [0.2, 0.25) is 0 Å². The molecule has 0 amide bonds. The number of fused-ring (bicyclic) bond motifs is 1. The van der Waals surface area contributed by atoms with Crippen molar-refractivity contribution in [2.45, 2.75) is 6.18 Å². The molecule has 5 heteroatoms. The molecule has 0 radical (unpaired) electrons. The lowest BCUT2D eigenvalue weighted by Crippen LogP contribution is -2.00. The Balaban J connectivity index is 2.59. The summed E-state index contributed by atoms with van der Waals surface area (Å²) in [6.45, 7) is 0. The first kappa shape index (κ1) is 8.07. The fraction of sp³-hybridized carbons (Fsp3) is 0.143. The van der Waals surface area contributed by atoms with Crippen LogP contribution in [0.25, 0.3) is 9.40 Å². The normalized spacial score (nSPS) is 12.6. The van der Waals surface area contributed by atoms with Crippen molar-refractivity contribution in [2.75, 3.05) is 0 Å². The van der Waals surface area contributed by atoms with Gasteiger partial charge in [0, 0.05) is 9.40 Å². The van der Waals surface area contributed by atoms with Crippen molar-refractivity contribution in [2.24, 2.45) is 0 Å². The summed E-state index contributed by atoms with van der Waals surface area (Å²) in [6.07, 6.45) is -4.19. The number of halogens is 3. The van der Waals surface area contributed by atoms with E-state index in [1.165, 1.54) is 17.4 Å². The molecule has 0 saturated carbocycles. The molecule has 2 aromatic rings. The molecule has 0 atom stereocenters. The molecule has 0 saturated heterocycles. The van der Waals surface area contributed by atoms with Crippen molar-refractivity contribution in [3.8, 4) is 0 Å². The molecule has 0 unspecified atom stereocenters. The van der Waals surface area contributed by atoms with Gasteiger partial charge in [-0.2, -0.15) is 13.2 Å². The molecule has 64 valence electrons. The summed E-state index contributed by atoms with van der Waals surface area (Å²) < 4.78 is 37.8. The van der Waals surface area contributed by atoms with Crippen LogP contribution in [-0.4, -0.2) is 0 Å². The summed E-state index contributed by atoms with van der Waals surface area (Å²) in [4.78, 5) is -0.510. The van der Waals surface area contributed by atoms with Gasteiger partial charge in [0.25, 0.3) is 0 Å². The molecule has 0 fully saturated rings. The van der Waals surface area contributed by atoms with Gasteiger partial charge >= 0.3 is 6.18 Å². The summed E-state index contributed by atoms with van der Waals surface area (Å²) in [5.41, 5.74) is 0. The van der Waals surface area contributed by atoms with Crippen LogP contribution >= 0.6 is 22.7 Å². The molecule has 0 N–H and O–H groups in total. The number of alkyl halides is 3. The van der Waals surface area contributed by atoms with Gasteiger partial charge in [-0.3, -0.25) is 0 Å². The minimum atomic E-state index is -4.19. The predicted octanol–water partition coefficient (Wildman–Crippen LogP) is 3.98. The van der Waals surface area contributed by atoms with Gasteiger partial charge in [-0.25, -0.2) is 0 Å². The molecule has 0 nitrogen and oxygen atoms in total. The fourth-order valence-electron chi connectivity index (χ4n) is 0.905. The molecule has 0 aromatic carbocycles. The third-order valence-electron chi connectivity index (χ3n) is 1.42. The van der Waals surface area contributed by atoms with Gasteiger partial charge in [-0.1, -0.05) is 0 Å². The zero-order chi connectivity index (χ0) is 8.77. The topological polar surface area (TPSA) is 0 Å². The predicted molar refractivity (Wildman–Crippen MR) is 44.7 cm³/mol. The quantitative estimate of drug-likeness (QED) is 0.614. The van der Waals surface area contributed by atoms with E-state index in [0.29, 0.717) is 9.40 Å². The Morgan fingerprint density at radius 1 is 1.17 bits per heavy atom. The first-order chi connectivity index (χ1) is 5.57. The highest BCUT2D eigenvalue weighted by atomic mass is 32.1. The van der Waals surface area contributed by atoms with Crippen LogP contribution in [0, 0.1) is 0 Å². The van der Waals surface area contributed by atoms with E-state index in [-0.39, 0.29) is 0 Å². The van der Waals surface area contributed by atoms with E-state index in [1.807, 2.05) is 0 Å². The Kier molecular flexibility index (Phi) is 1.66. The van der Waals surface area contributed by atoms with Crippen molar-refractivity contribution in [3.63, 3.8) is 0 Å². The lowest BCUT2D eigenvalue weighted by molar-refractivity contribution is -0.134. The second-order valence-corrected chi connectivity index (χ2v) is 4.29. The molecule has 2 aromatic heterocycles. The van der Waals surface area contributed by atoms with Crippen LogP contribution in [0.1, 0.15) is 4.88 Å². The lowest BCUT2D eigenvalue weighted by Gasteiger charge is -1.99. The molecule has 0 aliphatic carbocycles. The minimum absolute atomic E-state index is 0.510. The van der Waals surface area contributed by atoms with E-state index < -0.39 is 11.1 Å². The third-order valence-corrected chi connectivity index (χ3v) is 3.56. The molecular formula is C7H3F3S2. The molecule has 12 heavy (non-hydrogen) atoms. The lowest BCUT2D eigenvalue weighted by atomic mass is 10.4. The maximum absolute atomic E-state index is 12.1. The molecule has 0 aliphatic rings. The van der Waals surface area contributed by atoms with Crippen LogP contribution < -0.4 is 0 Å². The number of hydrogen-bond donors (Lipinski definition) is 0. The summed E-state index contributed by atoms with van der Waals surface area (Å²) >= 11 is 2.13. The summed E-state index contributed by atoms with van der Waals surface area (Å²) in [6, 6.07) is 2.91. The van der Waals surface area contributed by atoms with Gasteiger partial charge in [0.1, 0.15) is 4.88 Å². The standard InChI is InChI=1S/C7H3F3S2/c8-7(9,10)6-3-5-4(12-6)1-2-11-5/h1-3H. The molecular weight excluding hydrogens is 205 g/mol. The smallest absolute Gasteiger partial charge is 0.165 e. The molecule has 0 spiro atoms. The molecule has 0 bridgehead atoms. The van der Waals surface area contributed by atoms with Crippen LogP contribution in [-0.2, 0) is 6.18 Å². The van der Waals surface area contributed by atoms with Gasteiger partial charge in [0.15, 0.2) is 0 Å². The average molecular weight is 208 g/mol. The van der Waals surface area contributed by atoms with Crippen LogP contribution in [0.4, 0.5) is 13.2 Å². The monoisotopic (exact) mass is 208 g/mol. The number of rotatable bonds is 0. The highest BCUT2D eigenvalue weighted by Gasteiger charge is 2.32. The van der Waals surface area contributed by atoms with Crippen LogP contribution in [0.5, 0.6) is 0 Å². The Hall–Kier alpha value is -0.550.